The first-order valence-electron chi connectivity index (χ1n) is 5.28. The maximum atomic E-state index is 12.9. The molecule has 0 saturated carbocycles. The lowest BCUT2D eigenvalue weighted by Crippen LogP contribution is -2.46. The molecule has 0 atom stereocenters. The van der Waals surface area contributed by atoms with Crippen molar-refractivity contribution in [2.75, 3.05) is 0 Å². The van der Waals surface area contributed by atoms with Crippen LogP contribution in [0.1, 0.15) is 26.3 Å². The zero-order valence-electron chi connectivity index (χ0n) is 10.1. The monoisotopic (exact) mass is 242 g/mol. The molecule has 2 amide bonds. The van der Waals surface area contributed by atoms with Gasteiger partial charge < -0.3 is 10.6 Å². The Bertz CT molecular complexity index is 413. The van der Waals surface area contributed by atoms with E-state index in [-0.39, 0.29) is 18.1 Å². The molecule has 17 heavy (non-hydrogen) atoms. The van der Waals surface area contributed by atoms with E-state index in [4.69, 9.17) is 0 Å². The average Bonchev–Trinajstić information content (AvgIpc) is 2.17. The second-order valence-electron chi connectivity index (χ2n) is 4.81. The molecule has 5 heteroatoms. The van der Waals surface area contributed by atoms with Crippen LogP contribution < -0.4 is 10.6 Å². The molecule has 1 rings (SSSR count). The summed E-state index contributed by atoms with van der Waals surface area (Å²) >= 11 is 0. The summed E-state index contributed by atoms with van der Waals surface area (Å²) < 4.78 is 25.5. The lowest BCUT2D eigenvalue weighted by atomic mass is 10.1. The molecule has 0 fully saturated rings. The van der Waals surface area contributed by atoms with Crippen molar-refractivity contribution in [2.24, 2.45) is 0 Å². The summed E-state index contributed by atoms with van der Waals surface area (Å²) in [5.41, 5.74) is 0.172. The van der Waals surface area contributed by atoms with Crippen LogP contribution in [-0.4, -0.2) is 11.6 Å². The Balaban J connectivity index is 2.50. The highest BCUT2D eigenvalue weighted by Gasteiger charge is 2.13. The zero-order valence-corrected chi connectivity index (χ0v) is 10.1. The molecule has 0 radical (unpaired) electrons. The summed E-state index contributed by atoms with van der Waals surface area (Å²) in [6.45, 7) is 5.71. The molecular formula is C12H16F2N2O. The number of carbonyl (C=O) groups excluding carboxylic acids is 1. The fourth-order valence-corrected chi connectivity index (χ4v) is 1.22. The van der Waals surface area contributed by atoms with E-state index in [0.717, 1.165) is 12.1 Å². The maximum absolute atomic E-state index is 12.9. The Morgan fingerprint density at radius 1 is 1.24 bits per heavy atom. The molecule has 0 aromatic heterocycles. The van der Waals surface area contributed by atoms with Crippen LogP contribution in [0, 0.1) is 11.6 Å². The number of nitrogens with one attached hydrogen (secondary N) is 2. The Kier molecular flexibility index (Phi) is 4.04. The van der Waals surface area contributed by atoms with E-state index in [1.165, 1.54) is 6.07 Å². The first kappa shape index (κ1) is 13.4. The minimum Gasteiger partial charge on any atom is -0.334 e. The molecule has 0 spiro atoms. The fourth-order valence-electron chi connectivity index (χ4n) is 1.22. The van der Waals surface area contributed by atoms with Crippen molar-refractivity contribution in [3.63, 3.8) is 0 Å². The van der Waals surface area contributed by atoms with Crippen LogP contribution in [-0.2, 0) is 6.54 Å². The second-order valence-corrected chi connectivity index (χ2v) is 4.81. The van der Waals surface area contributed by atoms with E-state index in [0.29, 0.717) is 5.56 Å². The molecule has 3 nitrogen and oxygen atoms in total. The third kappa shape index (κ3) is 4.80. The topological polar surface area (TPSA) is 41.1 Å². The van der Waals surface area contributed by atoms with E-state index in [1.54, 1.807) is 0 Å². The summed E-state index contributed by atoms with van der Waals surface area (Å²) in [4.78, 5) is 11.4. The number of halogens is 2. The Morgan fingerprint density at radius 3 is 2.41 bits per heavy atom. The summed E-state index contributed by atoms with van der Waals surface area (Å²) in [6, 6.07) is 3.18. The van der Waals surface area contributed by atoms with Crippen LogP contribution in [0.5, 0.6) is 0 Å². The summed E-state index contributed by atoms with van der Waals surface area (Å²) in [5, 5.41) is 5.26. The third-order valence-corrected chi connectivity index (χ3v) is 1.93. The van der Waals surface area contributed by atoms with Gasteiger partial charge in [-0.05, 0) is 38.5 Å². The third-order valence-electron chi connectivity index (χ3n) is 1.93. The summed E-state index contributed by atoms with van der Waals surface area (Å²) in [6.07, 6.45) is 0. The number of amides is 2. The number of hydrogen-bond donors (Lipinski definition) is 2. The quantitative estimate of drug-likeness (QED) is 0.822. The van der Waals surface area contributed by atoms with E-state index >= 15 is 0 Å². The van der Waals surface area contributed by atoms with Gasteiger partial charge in [0.1, 0.15) is 0 Å². The molecule has 0 bridgehead atoms. The lowest BCUT2D eigenvalue weighted by molar-refractivity contribution is 0.231. The van der Waals surface area contributed by atoms with Gasteiger partial charge in [-0.1, -0.05) is 6.07 Å². The minimum atomic E-state index is -0.916. The standard InChI is InChI=1S/C12H16F2N2O/c1-12(2,3)16-11(17)15-7-8-4-5-9(13)10(14)6-8/h4-6H,7H2,1-3H3,(H2,15,16,17). The molecular weight excluding hydrogens is 226 g/mol. The molecule has 1 aromatic rings. The van der Waals surface area contributed by atoms with Crippen LogP contribution >= 0.6 is 0 Å². The van der Waals surface area contributed by atoms with Crippen molar-refractivity contribution in [1.29, 1.82) is 0 Å². The molecule has 0 unspecified atom stereocenters. The largest absolute Gasteiger partial charge is 0.334 e. The fraction of sp³-hybridized carbons (Fsp3) is 0.417. The summed E-state index contributed by atoms with van der Waals surface area (Å²) in [5.74, 6) is -1.81. The van der Waals surface area contributed by atoms with Gasteiger partial charge in [-0.15, -0.1) is 0 Å². The van der Waals surface area contributed by atoms with Crippen LogP contribution in [0.15, 0.2) is 18.2 Å². The van der Waals surface area contributed by atoms with Crippen LogP contribution in [0.25, 0.3) is 0 Å². The predicted molar refractivity (Wildman–Crippen MR) is 61.5 cm³/mol. The zero-order chi connectivity index (χ0) is 13.1. The van der Waals surface area contributed by atoms with Gasteiger partial charge in [0.15, 0.2) is 11.6 Å². The predicted octanol–water partition coefficient (Wildman–Crippen LogP) is 2.56. The number of hydrogen-bond acceptors (Lipinski definition) is 1. The highest BCUT2D eigenvalue weighted by Crippen LogP contribution is 2.08. The van der Waals surface area contributed by atoms with Gasteiger partial charge in [0, 0.05) is 12.1 Å². The van der Waals surface area contributed by atoms with E-state index < -0.39 is 11.6 Å². The van der Waals surface area contributed by atoms with Gasteiger partial charge in [-0.3, -0.25) is 0 Å². The van der Waals surface area contributed by atoms with Gasteiger partial charge in [-0.25, -0.2) is 13.6 Å². The number of carbonyl (C=O) groups is 1. The maximum Gasteiger partial charge on any atom is 0.315 e. The van der Waals surface area contributed by atoms with Gasteiger partial charge in [0.2, 0.25) is 0 Å². The molecule has 94 valence electrons. The highest BCUT2D eigenvalue weighted by atomic mass is 19.2. The molecule has 1 aromatic carbocycles. The van der Waals surface area contributed by atoms with Crippen molar-refractivity contribution in [3.8, 4) is 0 Å². The smallest absolute Gasteiger partial charge is 0.315 e. The van der Waals surface area contributed by atoms with Crippen molar-refractivity contribution in [1.82, 2.24) is 10.6 Å². The van der Waals surface area contributed by atoms with Crippen LogP contribution in [0.2, 0.25) is 0 Å². The van der Waals surface area contributed by atoms with Crippen LogP contribution in [0.3, 0.4) is 0 Å². The number of benzene rings is 1. The molecule has 0 saturated heterocycles. The molecule has 0 aliphatic rings. The second kappa shape index (κ2) is 5.12. The Morgan fingerprint density at radius 2 is 1.88 bits per heavy atom. The number of rotatable bonds is 2. The van der Waals surface area contributed by atoms with Gasteiger partial charge in [-0.2, -0.15) is 0 Å². The van der Waals surface area contributed by atoms with Gasteiger partial charge in [0.25, 0.3) is 0 Å². The Hall–Kier alpha value is -1.65. The van der Waals surface area contributed by atoms with Crippen molar-refractivity contribution in [2.45, 2.75) is 32.9 Å². The molecule has 0 aliphatic heterocycles. The molecule has 2 N–H and O–H groups in total. The van der Waals surface area contributed by atoms with E-state index in [1.807, 2.05) is 20.8 Å². The average molecular weight is 242 g/mol. The highest BCUT2D eigenvalue weighted by molar-refractivity contribution is 5.74. The van der Waals surface area contributed by atoms with Crippen molar-refractivity contribution < 1.29 is 13.6 Å². The summed E-state index contributed by atoms with van der Waals surface area (Å²) in [7, 11) is 0. The van der Waals surface area contributed by atoms with E-state index in [9.17, 15) is 13.6 Å². The Labute approximate surface area is 99.2 Å². The normalized spacial score (nSPS) is 11.1. The van der Waals surface area contributed by atoms with Gasteiger partial charge >= 0.3 is 6.03 Å². The first-order valence-corrected chi connectivity index (χ1v) is 5.28. The molecule has 0 heterocycles. The van der Waals surface area contributed by atoms with Crippen LogP contribution in [0.4, 0.5) is 13.6 Å². The van der Waals surface area contributed by atoms with Gasteiger partial charge in [0.05, 0.1) is 0 Å². The number of urea groups is 1. The lowest BCUT2D eigenvalue weighted by Gasteiger charge is -2.20. The minimum absolute atomic E-state index is 0.152. The van der Waals surface area contributed by atoms with Crippen molar-refractivity contribution >= 4 is 6.03 Å². The van der Waals surface area contributed by atoms with E-state index in [2.05, 4.69) is 10.6 Å². The SMILES string of the molecule is CC(C)(C)NC(=O)NCc1ccc(F)c(F)c1. The first-order chi connectivity index (χ1) is 7.78. The van der Waals surface area contributed by atoms with Crippen molar-refractivity contribution in [3.05, 3.63) is 35.4 Å². The molecule has 0 aliphatic carbocycles.